The quantitative estimate of drug-likeness (QED) is 0.452. The van der Waals surface area contributed by atoms with Crippen molar-refractivity contribution in [1.29, 1.82) is 0 Å². The van der Waals surface area contributed by atoms with Gasteiger partial charge in [-0.2, -0.15) is 0 Å². The minimum absolute atomic E-state index is 0.0552. The van der Waals surface area contributed by atoms with Crippen molar-refractivity contribution >= 4 is 54.5 Å². The predicted molar refractivity (Wildman–Crippen MR) is 99.6 cm³/mol. The van der Waals surface area contributed by atoms with E-state index >= 15 is 0 Å². The van der Waals surface area contributed by atoms with E-state index in [1.165, 1.54) is 0 Å². The highest BCUT2D eigenvalue weighted by atomic mass is 79.9. The maximum atomic E-state index is 11.9. The number of aromatic amines is 1. The van der Waals surface area contributed by atoms with Gasteiger partial charge in [0.05, 0.1) is 16.7 Å². The number of imidazole rings is 1. The second kappa shape index (κ2) is 6.19. The third kappa shape index (κ3) is 2.92. The number of halogens is 2. The minimum atomic E-state index is -1.69. The summed E-state index contributed by atoms with van der Waals surface area (Å²) < 4.78 is 1.34. The molecule has 3 aromatic rings. The molecular weight excluding hydrogens is 440 g/mol. The Balaban J connectivity index is 2.07. The van der Waals surface area contributed by atoms with Crippen LogP contribution in [-0.4, -0.2) is 21.0 Å². The molecule has 0 amide bonds. The summed E-state index contributed by atoms with van der Waals surface area (Å²) >= 11 is 6.72. The molecule has 0 bridgehead atoms. The lowest BCUT2D eigenvalue weighted by atomic mass is 9.91. The summed E-state index contributed by atoms with van der Waals surface area (Å²) in [4.78, 5) is 19.3. The van der Waals surface area contributed by atoms with Crippen LogP contribution in [0.3, 0.4) is 0 Å². The lowest BCUT2D eigenvalue weighted by molar-refractivity contribution is -0.144. The van der Waals surface area contributed by atoms with Crippen LogP contribution >= 0.6 is 31.9 Å². The van der Waals surface area contributed by atoms with Crippen molar-refractivity contribution in [2.75, 3.05) is 5.73 Å². The lowest BCUT2D eigenvalue weighted by Crippen LogP contribution is -2.47. The number of carboxylic acids is 1. The number of nitrogen functional groups attached to an aromatic ring is 1. The molecule has 0 aliphatic heterocycles. The summed E-state index contributed by atoms with van der Waals surface area (Å²) in [5, 5.41) is 9.73. The first-order valence-electron chi connectivity index (χ1n) is 7.02. The van der Waals surface area contributed by atoms with Crippen molar-refractivity contribution in [3.8, 4) is 0 Å². The highest BCUT2D eigenvalue weighted by Crippen LogP contribution is 2.32. The zero-order valence-electron chi connectivity index (χ0n) is 12.4. The highest BCUT2D eigenvalue weighted by molar-refractivity contribution is 9.11. The van der Waals surface area contributed by atoms with Crippen LogP contribution in [0.5, 0.6) is 0 Å². The standard InChI is InChI=1S/C16H14Br2N4O2/c17-9-5-8(6-10(18)13(9)19)7-16(20,15(23)24)14-21-11-3-1-2-4-12(11)22-14/h1-6H,7,19-20H2,(H,21,22)(H,23,24)/t16-/m1/s1. The van der Waals surface area contributed by atoms with E-state index in [9.17, 15) is 9.90 Å². The van der Waals surface area contributed by atoms with Gasteiger partial charge in [0.2, 0.25) is 0 Å². The van der Waals surface area contributed by atoms with E-state index in [4.69, 9.17) is 11.5 Å². The van der Waals surface area contributed by atoms with Crippen molar-refractivity contribution in [3.63, 3.8) is 0 Å². The highest BCUT2D eigenvalue weighted by Gasteiger charge is 2.39. The molecule has 0 aliphatic carbocycles. The number of carbonyl (C=O) groups is 1. The Morgan fingerprint density at radius 3 is 2.46 bits per heavy atom. The summed E-state index contributed by atoms with van der Waals surface area (Å²) in [5.41, 5.74) is 13.1. The Labute approximate surface area is 154 Å². The number of H-pyrrole nitrogens is 1. The van der Waals surface area contributed by atoms with Crippen LogP contribution in [0, 0.1) is 0 Å². The zero-order chi connectivity index (χ0) is 17.5. The Morgan fingerprint density at radius 2 is 1.88 bits per heavy atom. The van der Waals surface area contributed by atoms with Crippen LogP contribution in [-0.2, 0) is 16.8 Å². The first kappa shape index (κ1) is 16.9. The van der Waals surface area contributed by atoms with Gasteiger partial charge in [-0.15, -0.1) is 0 Å². The molecule has 0 aliphatic rings. The van der Waals surface area contributed by atoms with Gasteiger partial charge in [-0.05, 0) is 61.7 Å². The molecule has 1 aromatic heterocycles. The summed E-state index contributed by atoms with van der Waals surface area (Å²) in [5.74, 6) is -0.953. The number of aromatic nitrogens is 2. The molecule has 24 heavy (non-hydrogen) atoms. The zero-order valence-corrected chi connectivity index (χ0v) is 15.6. The lowest BCUT2D eigenvalue weighted by Gasteiger charge is -2.23. The third-order valence-corrected chi connectivity index (χ3v) is 5.13. The Kier molecular flexibility index (Phi) is 4.37. The molecule has 0 saturated carbocycles. The number of para-hydroxylation sites is 2. The maximum Gasteiger partial charge on any atom is 0.331 e. The van der Waals surface area contributed by atoms with E-state index in [0.717, 1.165) is 5.52 Å². The Bertz CT molecular complexity index is 885. The molecule has 2 aromatic carbocycles. The summed E-state index contributed by atoms with van der Waals surface area (Å²) in [6.45, 7) is 0. The average Bonchev–Trinajstić information content (AvgIpc) is 2.96. The first-order valence-corrected chi connectivity index (χ1v) is 8.61. The van der Waals surface area contributed by atoms with Crippen molar-refractivity contribution < 1.29 is 9.90 Å². The number of hydrogen-bond acceptors (Lipinski definition) is 4. The SMILES string of the molecule is Nc1c(Br)cc(C[C@](N)(C(=O)O)c2nc3ccccc3[nH]2)cc1Br. The number of benzene rings is 2. The smallest absolute Gasteiger partial charge is 0.331 e. The van der Waals surface area contributed by atoms with Gasteiger partial charge in [0.1, 0.15) is 5.82 Å². The second-order valence-corrected chi connectivity index (χ2v) is 7.24. The van der Waals surface area contributed by atoms with Crippen LogP contribution in [0.15, 0.2) is 45.3 Å². The van der Waals surface area contributed by atoms with Gasteiger partial charge in [0.15, 0.2) is 5.54 Å². The van der Waals surface area contributed by atoms with Gasteiger partial charge in [0.25, 0.3) is 0 Å². The number of hydrogen-bond donors (Lipinski definition) is 4. The number of aliphatic carboxylic acids is 1. The van der Waals surface area contributed by atoms with Gasteiger partial charge in [-0.1, -0.05) is 12.1 Å². The average molecular weight is 454 g/mol. The van der Waals surface area contributed by atoms with Gasteiger partial charge in [-0.3, -0.25) is 0 Å². The van der Waals surface area contributed by atoms with Gasteiger partial charge in [0, 0.05) is 15.4 Å². The van der Waals surface area contributed by atoms with Gasteiger partial charge in [-0.25, -0.2) is 9.78 Å². The molecule has 124 valence electrons. The number of rotatable bonds is 4. The van der Waals surface area contributed by atoms with E-state index < -0.39 is 11.5 Å². The van der Waals surface area contributed by atoms with Crippen LogP contribution < -0.4 is 11.5 Å². The van der Waals surface area contributed by atoms with E-state index in [1.807, 2.05) is 18.2 Å². The molecule has 6 N–H and O–H groups in total. The van der Waals surface area contributed by atoms with Crippen molar-refractivity contribution in [2.45, 2.75) is 12.0 Å². The largest absolute Gasteiger partial charge is 0.480 e. The fourth-order valence-electron chi connectivity index (χ4n) is 2.49. The summed E-state index contributed by atoms with van der Waals surface area (Å²) in [6, 6.07) is 10.8. The Hall–Kier alpha value is -1.90. The van der Waals surface area contributed by atoms with E-state index in [-0.39, 0.29) is 12.2 Å². The number of carboxylic acid groups (broad SMARTS) is 1. The molecule has 8 heteroatoms. The van der Waals surface area contributed by atoms with Gasteiger partial charge < -0.3 is 21.6 Å². The molecule has 0 unspecified atom stereocenters. The summed E-state index contributed by atoms with van der Waals surface area (Å²) in [6.07, 6.45) is 0.0552. The number of nitrogens with two attached hydrogens (primary N) is 2. The van der Waals surface area contributed by atoms with E-state index in [0.29, 0.717) is 25.7 Å². The molecule has 0 fully saturated rings. The van der Waals surface area contributed by atoms with E-state index in [1.54, 1.807) is 18.2 Å². The minimum Gasteiger partial charge on any atom is -0.480 e. The second-order valence-electron chi connectivity index (χ2n) is 5.53. The predicted octanol–water partition coefficient (Wildman–Crippen LogP) is 3.15. The molecule has 0 radical (unpaired) electrons. The normalized spacial score (nSPS) is 13.8. The van der Waals surface area contributed by atoms with Crippen LogP contribution in [0.1, 0.15) is 11.4 Å². The number of nitrogens with zero attached hydrogens (tertiary/aromatic N) is 1. The maximum absolute atomic E-state index is 11.9. The number of anilines is 1. The number of nitrogens with one attached hydrogen (secondary N) is 1. The van der Waals surface area contributed by atoms with Crippen LogP contribution in [0.4, 0.5) is 5.69 Å². The third-order valence-electron chi connectivity index (χ3n) is 3.82. The number of fused-ring (bicyclic) bond motifs is 1. The topological polar surface area (TPSA) is 118 Å². The molecule has 6 nitrogen and oxygen atoms in total. The van der Waals surface area contributed by atoms with Crippen molar-refractivity contribution in [1.82, 2.24) is 9.97 Å². The van der Waals surface area contributed by atoms with E-state index in [2.05, 4.69) is 41.8 Å². The summed E-state index contributed by atoms with van der Waals surface area (Å²) in [7, 11) is 0. The monoisotopic (exact) mass is 452 g/mol. The molecule has 1 atom stereocenters. The molecule has 3 rings (SSSR count). The van der Waals surface area contributed by atoms with Crippen LogP contribution in [0.2, 0.25) is 0 Å². The molecule has 0 spiro atoms. The molecular formula is C16H14Br2N4O2. The molecule has 1 heterocycles. The fraction of sp³-hybridized carbons (Fsp3) is 0.125. The van der Waals surface area contributed by atoms with Crippen molar-refractivity contribution in [2.24, 2.45) is 5.73 Å². The van der Waals surface area contributed by atoms with Crippen LogP contribution in [0.25, 0.3) is 11.0 Å². The fourth-order valence-corrected chi connectivity index (χ4v) is 3.77. The molecule has 0 saturated heterocycles. The Morgan fingerprint density at radius 1 is 1.25 bits per heavy atom. The first-order chi connectivity index (χ1) is 11.3. The van der Waals surface area contributed by atoms with Gasteiger partial charge >= 0.3 is 5.97 Å². The van der Waals surface area contributed by atoms with Crippen molar-refractivity contribution in [3.05, 3.63) is 56.7 Å².